The van der Waals surface area contributed by atoms with Gasteiger partial charge < -0.3 is 33.8 Å². The van der Waals surface area contributed by atoms with Crippen LogP contribution in [0.5, 0.6) is 28.7 Å². The summed E-state index contributed by atoms with van der Waals surface area (Å²) in [5, 5.41) is 32.3. The summed E-state index contributed by atoms with van der Waals surface area (Å²) in [5.41, 5.74) is -0.245. The number of methoxy groups -OCH3 is 1. The van der Waals surface area contributed by atoms with Crippen LogP contribution in [0, 0.1) is 17.0 Å². The quantitative estimate of drug-likeness (QED) is 0.283. The summed E-state index contributed by atoms with van der Waals surface area (Å²) in [5.74, 6) is -0.0822. The second-order valence-electron chi connectivity index (χ2n) is 7.57. The van der Waals surface area contributed by atoms with Gasteiger partial charge in [-0.3, -0.25) is 14.9 Å². The first-order valence-corrected chi connectivity index (χ1v) is 10.2. The third kappa shape index (κ3) is 3.66. The summed E-state index contributed by atoms with van der Waals surface area (Å²) >= 11 is 0. The molecule has 12 heteroatoms. The molecule has 0 spiro atoms. The Morgan fingerprint density at radius 2 is 1.89 bits per heavy atom. The van der Waals surface area contributed by atoms with Crippen LogP contribution in [-0.4, -0.2) is 39.0 Å². The molecule has 35 heavy (non-hydrogen) atoms. The highest BCUT2D eigenvalue weighted by atomic mass is 16.7. The van der Waals surface area contributed by atoms with E-state index in [2.05, 4.69) is 9.97 Å². The van der Waals surface area contributed by atoms with Gasteiger partial charge >= 0.3 is 0 Å². The number of imidazole rings is 1. The Kier molecular flexibility index (Phi) is 5.05. The molecular weight excluding hydrogens is 462 g/mol. The maximum absolute atomic E-state index is 12.3. The summed E-state index contributed by atoms with van der Waals surface area (Å²) in [6, 6.07) is 8.16. The average Bonchev–Trinajstić information content (AvgIpc) is 3.47. The van der Waals surface area contributed by atoms with Crippen molar-refractivity contribution in [3.05, 3.63) is 62.5 Å². The third-order valence-corrected chi connectivity index (χ3v) is 5.37. The van der Waals surface area contributed by atoms with Gasteiger partial charge in [0.2, 0.25) is 18.0 Å². The molecule has 4 aromatic rings. The molecule has 12 nitrogen and oxygen atoms in total. The number of hydrogen-bond donors (Lipinski definition) is 3. The molecule has 1 aliphatic heterocycles. The van der Waals surface area contributed by atoms with Gasteiger partial charge in [-0.25, -0.2) is 4.98 Å². The lowest BCUT2D eigenvalue weighted by atomic mass is 10.1. The minimum Gasteiger partial charge on any atom is -0.504 e. The van der Waals surface area contributed by atoms with E-state index in [0.717, 1.165) is 6.07 Å². The van der Waals surface area contributed by atoms with Crippen LogP contribution in [0.2, 0.25) is 0 Å². The molecule has 5 rings (SSSR count). The van der Waals surface area contributed by atoms with Crippen molar-refractivity contribution in [2.75, 3.05) is 13.9 Å². The van der Waals surface area contributed by atoms with Crippen molar-refractivity contribution in [3.8, 4) is 62.8 Å². The number of aromatic nitrogens is 2. The number of hydrogen-bond acceptors (Lipinski definition) is 10. The van der Waals surface area contributed by atoms with E-state index in [9.17, 15) is 25.1 Å². The van der Waals surface area contributed by atoms with Crippen molar-refractivity contribution in [1.29, 1.82) is 0 Å². The molecule has 0 aliphatic carbocycles. The van der Waals surface area contributed by atoms with Crippen molar-refractivity contribution in [3.63, 3.8) is 0 Å². The number of nitro groups is 1. The number of nitrogens with one attached hydrogen (secondary N) is 1. The van der Waals surface area contributed by atoms with Crippen molar-refractivity contribution < 1.29 is 33.8 Å². The van der Waals surface area contributed by atoms with E-state index in [1.54, 1.807) is 0 Å². The zero-order valence-electron chi connectivity index (χ0n) is 18.3. The third-order valence-electron chi connectivity index (χ3n) is 5.37. The molecule has 3 N–H and O–H groups in total. The molecule has 0 saturated heterocycles. The minimum absolute atomic E-state index is 0.0376. The Bertz CT molecular complexity index is 1550. The zero-order valence-corrected chi connectivity index (χ0v) is 18.3. The number of aryl methyl sites for hydroxylation is 1. The molecule has 0 saturated carbocycles. The normalized spacial score (nSPS) is 12.1. The van der Waals surface area contributed by atoms with Gasteiger partial charge in [0.1, 0.15) is 23.0 Å². The molecular formula is C23H17N3O9. The first kappa shape index (κ1) is 21.8. The maximum Gasteiger partial charge on any atom is 0.284 e. The molecule has 1 aliphatic rings. The molecule has 3 heterocycles. The van der Waals surface area contributed by atoms with Gasteiger partial charge in [0, 0.05) is 17.7 Å². The van der Waals surface area contributed by atoms with Gasteiger partial charge in [0.15, 0.2) is 28.8 Å². The SMILES string of the molecule is COc1cc(-c2nc(-c3cc4c(cc3[N+](=O)[O-])OCO4)[nH]c2-c2oc(C)cc(=O)c2O)ccc1O. The Balaban J connectivity index is 1.80. The van der Waals surface area contributed by atoms with E-state index in [0.29, 0.717) is 11.3 Å². The van der Waals surface area contributed by atoms with Gasteiger partial charge in [-0.1, -0.05) is 0 Å². The number of aromatic hydroxyl groups is 2. The number of benzene rings is 2. The van der Waals surface area contributed by atoms with E-state index >= 15 is 0 Å². The fourth-order valence-corrected chi connectivity index (χ4v) is 3.74. The standard InChI is InChI=1S/C23H17N3O9/c1-10-5-15(28)21(29)22(35-10)20-19(11-3-4-14(27)16(6-11)32-2)24-23(25-20)12-7-17-18(34-9-33-17)8-13(12)26(30)31/h3-8,27,29H,9H2,1-2H3,(H,24,25). The number of H-pyrrole nitrogens is 1. The van der Waals surface area contributed by atoms with Crippen LogP contribution in [-0.2, 0) is 0 Å². The van der Waals surface area contributed by atoms with Crippen molar-refractivity contribution in [1.82, 2.24) is 9.97 Å². The van der Waals surface area contributed by atoms with Gasteiger partial charge in [-0.15, -0.1) is 0 Å². The summed E-state index contributed by atoms with van der Waals surface area (Å²) in [6.07, 6.45) is 0. The van der Waals surface area contributed by atoms with E-state index < -0.39 is 16.1 Å². The molecule has 0 atom stereocenters. The first-order valence-electron chi connectivity index (χ1n) is 10.2. The van der Waals surface area contributed by atoms with Crippen molar-refractivity contribution in [2.45, 2.75) is 6.92 Å². The lowest BCUT2D eigenvalue weighted by Gasteiger charge is -2.08. The predicted molar refractivity (Wildman–Crippen MR) is 121 cm³/mol. The number of aromatic amines is 1. The van der Waals surface area contributed by atoms with Crippen molar-refractivity contribution >= 4 is 5.69 Å². The molecule has 2 aromatic heterocycles. The Hall–Kier alpha value is -5.00. The largest absolute Gasteiger partial charge is 0.504 e. The van der Waals surface area contributed by atoms with Crippen LogP contribution in [0.15, 0.2) is 45.6 Å². The van der Waals surface area contributed by atoms with Gasteiger partial charge in [-0.05, 0) is 25.1 Å². The monoisotopic (exact) mass is 479 g/mol. The lowest BCUT2D eigenvalue weighted by Crippen LogP contribution is -2.01. The van der Waals surface area contributed by atoms with Crippen molar-refractivity contribution in [2.24, 2.45) is 0 Å². The van der Waals surface area contributed by atoms with Crippen LogP contribution in [0.3, 0.4) is 0 Å². The topological polar surface area (TPSA) is 170 Å². The number of phenols is 1. The number of fused-ring (bicyclic) bond motifs is 1. The van der Waals surface area contributed by atoms with Gasteiger partial charge in [-0.2, -0.15) is 0 Å². The minimum atomic E-state index is -0.678. The molecule has 0 amide bonds. The van der Waals surface area contributed by atoms with E-state index in [1.807, 2.05) is 0 Å². The smallest absolute Gasteiger partial charge is 0.284 e. The molecule has 0 bridgehead atoms. The van der Waals surface area contributed by atoms with Crippen LogP contribution in [0.4, 0.5) is 5.69 Å². The Labute approximate surface area is 196 Å². The number of phenolic OH excluding ortho intramolecular Hbond substituents is 1. The highest BCUT2D eigenvalue weighted by molar-refractivity contribution is 5.84. The van der Waals surface area contributed by atoms with Crippen LogP contribution < -0.4 is 19.6 Å². The molecule has 178 valence electrons. The fraction of sp³-hybridized carbons (Fsp3) is 0.130. The second-order valence-corrected chi connectivity index (χ2v) is 7.57. The number of ether oxygens (including phenoxy) is 3. The second kappa shape index (κ2) is 8.09. The van der Waals surface area contributed by atoms with Gasteiger partial charge in [0.05, 0.1) is 23.7 Å². The first-order chi connectivity index (χ1) is 16.8. The highest BCUT2D eigenvalue weighted by Gasteiger charge is 2.29. The summed E-state index contributed by atoms with van der Waals surface area (Å²) in [7, 11) is 1.37. The predicted octanol–water partition coefficient (Wildman–Crippen LogP) is 3.73. The summed E-state index contributed by atoms with van der Waals surface area (Å²) in [6.45, 7) is 1.45. The van der Waals surface area contributed by atoms with Crippen LogP contribution >= 0.6 is 0 Å². The fourth-order valence-electron chi connectivity index (χ4n) is 3.74. The summed E-state index contributed by atoms with van der Waals surface area (Å²) < 4.78 is 21.4. The Morgan fingerprint density at radius 3 is 2.60 bits per heavy atom. The molecule has 0 fully saturated rings. The molecule has 0 radical (unpaired) electrons. The molecule has 2 aromatic carbocycles. The van der Waals surface area contributed by atoms with E-state index in [-0.39, 0.29) is 64.0 Å². The van der Waals surface area contributed by atoms with Gasteiger partial charge in [0.25, 0.3) is 5.69 Å². The number of rotatable bonds is 5. The highest BCUT2D eigenvalue weighted by Crippen LogP contribution is 2.44. The van der Waals surface area contributed by atoms with E-state index in [1.165, 1.54) is 44.4 Å². The van der Waals surface area contributed by atoms with E-state index in [4.69, 9.17) is 18.6 Å². The zero-order chi connectivity index (χ0) is 24.9. The Morgan fingerprint density at radius 1 is 1.14 bits per heavy atom. The van der Waals surface area contributed by atoms with Crippen LogP contribution in [0.25, 0.3) is 34.1 Å². The van der Waals surface area contributed by atoms with Crippen LogP contribution in [0.1, 0.15) is 5.76 Å². The number of nitrogens with zero attached hydrogens (tertiary/aromatic N) is 2. The summed E-state index contributed by atoms with van der Waals surface area (Å²) in [4.78, 5) is 31.0. The maximum atomic E-state index is 12.3. The average molecular weight is 479 g/mol. The molecule has 0 unspecified atom stereocenters. The number of nitro benzene ring substituents is 1. The lowest BCUT2D eigenvalue weighted by molar-refractivity contribution is -0.384.